The molecule has 0 aromatic carbocycles. The number of esters is 3. The van der Waals surface area contributed by atoms with Crippen molar-refractivity contribution in [1.29, 1.82) is 0 Å². The van der Waals surface area contributed by atoms with Gasteiger partial charge >= 0.3 is 17.9 Å². The number of hydrogen-bond donors (Lipinski definition) is 0. The number of allylic oxidation sites excluding steroid dienone is 32. The topological polar surface area (TPSA) is 78.9 Å². The van der Waals surface area contributed by atoms with Gasteiger partial charge in [-0.15, -0.1) is 0 Å². The number of carbonyl (C=O) groups excluding carboxylic acids is 3. The lowest BCUT2D eigenvalue weighted by molar-refractivity contribution is -0.166. The van der Waals surface area contributed by atoms with Crippen LogP contribution in [0.5, 0.6) is 0 Å². The van der Waals surface area contributed by atoms with E-state index in [1.54, 1.807) is 0 Å². The second-order valence-electron chi connectivity index (χ2n) is 20.2. The Labute approximate surface area is 497 Å². The fourth-order valence-corrected chi connectivity index (χ4v) is 7.96. The highest BCUT2D eigenvalue weighted by Gasteiger charge is 2.19. The minimum absolute atomic E-state index is 0.143. The lowest BCUT2D eigenvalue weighted by atomic mass is 10.0. The Morgan fingerprint density at radius 2 is 0.469 bits per heavy atom. The van der Waals surface area contributed by atoms with E-state index < -0.39 is 12.1 Å². The molecule has 6 heteroatoms. The second kappa shape index (κ2) is 66.8. The third-order valence-electron chi connectivity index (χ3n) is 12.6. The van der Waals surface area contributed by atoms with Crippen molar-refractivity contribution in [3.05, 3.63) is 194 Å². The molecule has 81 heavy (non-hydrogen) atoms. The van der Waals surface area contributed by atoms with E-state index >= 15 is 0 Å². The molecule has 0 aromatic heterocycles. The second-order valence-corrected chi connectivity index (χ2v) is 20.2. The van der Waals surface area contributed by atoms with Gasteiger partial charge in [-0.1, -0.05) is 279 Å². The Morgan fingerprint density at radius 1 is 0.247 bits per heavy atom. The quantitative estimate of drug-likeness (QED) is 0.0261. The SMILES string of the molecule is CC/C=C\C/C=C\C/C=C\C/C=C\C/C=C\C/C=C\CCC(=O)OCC(COC(=O)CCCCCCCCCCCCCC/C=C\C/C=C\C/C=C\C/C=C\CC)OC(=O)CC/C=C\C/C=C\C/C=C\C/C=C\C/C=C\C/C=C\CC. The lowest BCUT2D eigenvalue weighted by Gasteiger charge is -2.18. The monoisotopic (exact) mass is 1110 g/mol. The minimum atomic E-state index is -0.863. The maximum absolute atomic E-state index is 12.9. The van der Waals surface area contributed by atoms with Gasteiger partial charge in [0.25, 0.3) is 0 Å². The highest BCUT2D eigenvalue weighted by molar-refractivity contribution is 5.71. The average molecular weight is 1110 g/mol. The largest absolute Gasteiger partial charge is 0.462 e. The van der Waals surface area contributed by atoms with Gasteiger partial charge in [-0.3, -0.25) is 14.4 Å². The van der Waals surface area contributed by atoms with Gasteiger partial charge in [0.2, 0.25) is 0 Å². The Bertz CT molecular complexity index is 1950. The van der Waals surface area contributed by atoms with Crippen LogP contribution in [0, 0.1) is 0 Å². The van der Waals surface area contributed by atoms with Crippen molar-refractivity contribution in [2.45, 2.75) is 245 Å². The third-order valence-corrected chi connectivity index (χ3v) is 12.6. The van der Waals surface area contributed by atoms with Gasteiger partial charge in [0, 0.05) is 19.3 Å². The summed E-state index contributed by atoms with van der Waals surface area (Å²) >= 11 is 0. The zero-order valence-corrected chi connectivity index (χ0v) is 51.5. The molecule has 0 saturated heterocycles. The summed E-state index contributed by atoms with van der Waals surface area (Å²) in [5.41, 5.74) is 0. The van der Waals surface area contributed by atoms with Crippen molar-refractivity contribution in [1.82, 2.24) is 0 Å². The summed E-state index contributed by atoms with van der Waals surface area (Å²) in [6, 6.07) is 0. The molecule has 0 saturated carbocycles. The first-order chi connectivity index (χ1) is 40.0. The summed E-state index contributed by atoms with van der Waals surface area (Å²) in [4.78, 5) is 38.3. The van der Waals surface area contributed by atoms with E-state index in [-0.39, 0.29) is 38.0 Å². The van der Waals surface area contributed by atoms with Crippen molar-refractivity contribution < 1.29 is 28.6 Å². The average Bonchev–Trinajstić information content (AvgIpc) is 3.47. The van der Waals surface area contributed by atoms with Crippen LogP contribution in [-0.2, 0) is 28.6 Å². The number of hydrogen-bond acceptors (Lipinski definition) is 6. The smallest absolute Gasteiger partial charge is 0.306 e. The van der Waals surface area contributed by atoms with Crippen molar-refractivity contribution in [3.8, 4) is 0 Å². The molecular formula is C75H114O6. The lowest BCUT2D eigenvalue weighted by Crippen LogP contribution is -2.30. The molecule has 0 aliphatic rings. The minimum Gasteiger partial charge on any atom is -0.462 e. The summed E-state index contributed by atoms with van der Waals surface area (Å²) in [5.74, 6) is -1.13. The van der Waals surface area contributed by atoms with Crippen LogP contribution in [-0.4, -0.2) is 37.2 Å². The molecule has 0 rings (SSSR count). The van der Waals surface area contributed by atoms with Crippen LogP contribution in [0.15, 0.2) is 194 Å². The molecule has 0 radical (unpaired) electrons. The highest BCUT2D eigenvalue weighted by Crippen LogP contribution is 2.14. The van der Waals surface area contributed by atoms with Gasteiger partial charge in [-0.25, -0.2) is 0 Å². The van der Waals surface area contributed by atoms with Gasteiger partial charge in [-0.2, -0.15) is 0 Å². The number of rotatable bonds is 55. The molecule has 0 heterocycles. The predicted molar refractivity (Wildman–Crippen MR) is 352 cm³/mol. The molecule has 0 spiro atoms. The van der Waals surface area contributed by atoms with Gasteiger partial charge in [0.1, 0.15) is 13.2 Å². The first kappa shape index (κ1) is 75.2. The molecular weight excluding hydrogens is 997 g/mol. The predicted octanol–water partition coefficient (Wildman–Crippen LogP) is 22.2. The van der Waals surface area contributed by atoms with Gasteiger partial charge in [-0.05, 0) is 135 Å². The van der Waals surface area contributed by atoms with Crippen molar-refractivity contribution in [2.75, 3.05) is 13.2 Å². The third kappa shape index (κ3) is 64.9. The van der Waals surface area contributed by atoms with Crippen LogP contribution < -0.4 is 0 Å². The van der Waals surface area contributed by atoms with Gasteiger partial charge in [0.05, 0.1) is 0 Å². The van der Waals surface area contributed by atoms with Gasteiger partial charge in [0.15, 0.2) is 6.10 Å². The summed E-state index contributed by atoms with van der Waals surface area (Å²) < 4.78 is 16.8. The Balaban J connectivity index is 4.58. The molecule has 0 amide bonds. The molecule has 1 unspecified atom stereocenters. The van der Waals surface area contributed by atoms with E-state index in [1.165, 1.54) is 64.2 Å². The molecule has 0 aromatic rings. The van der Waals surface area contributed by atoms with Crippen LogP contribution in [0.2, 0.25) is 0 Å². The maximum atomic E-state index is 12.9. The maximum Gasteiger partial charge on any atom is 0.306 e. The van der Waals surface area contributed by atoms with Crippen LogP contribution in [0.1, 0.15) is 239 Å². The van der Waals surface area contributed by atoms with E-state index in [4.69, 9.17) is 14.2 Å². The zero-order valence-electron chi connectivity index (χ0n) is 51.5. The molecule has 1 atom stereocenters. The van der Waals surface area contributed by atoms with E-state index in [9.17, 15) is 14.4 Å². The summed E-state index contributed by atoms with van der Waals surface area (Å²) in [6.45, 7) is 6.16. The fraction of sp³-hybridized carbons (Fsp3) is 0.533. The molecule has 450 valence electrons. The van der Waals surface area contributed by atoms with E-state index in [0.29, 0.717) is 19.3 Å². The Morgan fingerprint density at radius 3 is 0.765 bits per heavy atom. The summed E-state index contributed by atoms with van der Waals surface area (Å²) in [5, 5.41) is 0. The van der Waals surface area contributed by atoms with Crippen LogP contribution >= 0.6 is 0 Å². The summed E-state index contributed by atoms with van der Waals surface area (Å²) in [7, 11) is 0. The Hall–Kier alpha value is -5.75. The number of ether oxygens (including phenoxy) is 3. The normalized spacial score (nSPS) is 13.5. The molecule has 0 fully saturated rings. The van der Waals surface area contributed by atoms with Crippen LogP contribution in [0.3, 0.4) is 0 Å². The Kier molecular flexibility index (Phi) is 62.0. The van der Waals surface area contributed by atoms with E-state index in [0.717, 1.165) is 122 Å². The molecule has 0 N–H and O–H groups in total. The number of carbonyl (C=O) groups is 3. The molecule has 6 nitrogen and oxygen atoms in total. The van der Waals surface area contributed by atoms with E-state index in [1.807, 2.05) is 24.3 Å². The first-order valence-corrected chi connectivity index (χ1v) is 31.9. The van der Waals surface area contributed by atoms with Crippen LogP contribution in [0.4, 0.5) is 0 Å². The van der Waals surface area contributed by atoms with Crippen LogP contribution in [0.25, 0.3) is 0 Å². The standard InChI is InChI=1S/C75H114O6/c1-4-7-10-13-16-19-22-25-28-31-34-35-36-37-38-39-42-44-47-50-53-56-59-62-65-68-74(77)80-71-72(81-75(78)69-66-63-60-57-54-51-48-45-41-33-30-27-24-21-18-15-12-9-6-3)70-79-73(76)67-64-61-58-55-52-49-46-43-40-32-29-26-23-20-17-14-11-8-5-2/h7-12,16-21,25-30,34-35,40-41,43,45,49,51-52,54,58,60-61,63,72H,4-6,13-15,22-24,31-33,36-39,42,44,46-48,50,53,55-57,59,62,64-71H2,1-3H3/b10-7-,11-8-,12-9-,19-16-,20-17-,21-18-,28-25-,29-26-,30-27-,35-34-,43-40-,45-41-,52-49-,54-51-,61-58-,63-60-. The first-order valence-electron chi connectivity index (χ1n) is 31.9. The summed E-state index contributed by atoms with van der Waals surface area (Å²) in [6.07, 6.45) is 102. The highest BCUT2D eigenvalue weighted by atomic mass is 16.6. The molecule has 0 bridgehead atoms. The zero-order chi connectivity index (χ0) is 58.5. The molecule has 0 aliphatic carbocycles. The van der Waals surface area contributed by atoms with E-state index in [2.05, 4.69) is 191 Å². The molecule has 0 aliphatic heterocycles. The van der Waals surface area contributed by atoms with Crippen molar-refractivity contribution >= 4 is 17.9 Å². The van der Waals surface area contributed by atoms with Crippen molar-refractivity contribution in [2.24, 2.45) is 0 Å². The van der Waals surface area contributed by atoms with Gasteiger partial charge < -0.3 is 14.2 Å². The number of unbranched alkanes of at least 4 members (excludes halogenated alkanes) is 12. The van der Waals surface area contributed by atoms with Crippen molar-refractivity contribution in [3.63, 3.8) is 0 Å². The fourth-order valence-electron chi connectivity index (χ4n) is 7.96.